The fraction of sp³-hybridized carbons (Fsp3) is 0. The van der Waals surface area contributed by atoms with Gasteiger partial charge in [-0.1, -0.05) is 45.2 Å². The molecule has 0 aromatic heterocycles. The molecule has 2 aromatic rings. The van der Waals surface area contributed by atoms with Crippen molar-refractivity contribution < 1.29 is 4.79 Å². The Balaban J connectivity index is 2.28. The van der Waals surface area contributed by atoms with Gasteiger partial charge in [0.25, 0.3) is 5.91 Å². The summed E-state index contributed by atoms with van der Waals surface area (Å²) in [5, 5.41) is 3.55. The van der Waals surface area contributed by atoms with Gasteiger partial charge in [-0.2, -0.15) is 0 Å². The monoisotopic (exact) mass is 421 g/mol. The minimum atomic E-state index is -0.310. The lowest BCUT2D eigenvalue weighted by molar-refractivity contribution is 0.102. The highest BCUT2D eigenvalue weighted by Crippen LogP contribution is 2.29. The van der Waals surface area contributed by atoms with Crippen molar-refractivity contribution in [2.24, 2.45) is 0 Å². The first-order valence-electron chi connectivity index (χ1n) is 5.19. The summed E-state index contributed by atoms with van der Waals surface area (Å²) in [5.74, 6) is -0.310. The van der Waals surface area contributed by atoms with Crippen LogP contribution >= 0.6 is 55.1 Å². The Kier molecular flexibility index (Phi) is 4.90. The molecule has 0 aliphatic rings. The molecule has 1 amide bonds. The summed E-state index contributed by atoms with van der Waals surface area (Å²) in [4.78, 5) is 12.1. The van der Waals surface area contributed by atoms with Crippen LogP contribution in [0.1, 0.15) is 10.4 Å². The first-order valence-corrected chi connectivity index (χ1v) is 7.53. The molecule has 0 atom stereocenters. The Labute approximate surface area is 137 Å². The van der Waals surface area contributed by atoms with Gasteiger partial charge < -0.3 is 5.32 Å². The molecule has 0 saturated heterocycles. The molecule has 0 fully saturated rings. The van der Waals surface area contributed by atoms with E-state index in [1.807, 2.05) is 0 Å². The van der Waals surface area contributed by atoms with Gasteiger partial charge in [0.15, 0.2) is 0 Å². The molecule has 6 heteroatoms. The predicted octanol–water partition coefficient (Wildman–Crippen LogP) is 5.77. The summed E-state index contributed by atoms with van der Waals surface area (Å²) >= 11 is 18.7. The van der Waals surface area contributed by atoms with Gasteiger partial charge in [-0.25, -0.2) is 0 Å². The molecule has 98 valence electrons. The Morgan fingerprint density at radius 2 is 1.84 bits per heavy atom. The number of anilines is 1. The maximum Gasteiger partial charge on any atom is 0.257 e. The Morgan fingerprint density at radius 3 is 2.53 bits per heavy atom. The van der Waals surface area contributed by atoms with Crippen LogP contribution < -0.4 is 5.32 Å². The zero-order valence-electron chi connectivity index (χ0n) is 9.38. The number of rotatable bonds is 2. The Hall–Kier alpha value is -0.550. The van der Waals surface area contributed by atoms with Gasteiger partial charge in [0, 0.05) is 8.95 Å². The van der Waals surface area contributed by atoms with E-state index in [-0.39, 0.29) is 5.91 Å². The second-order valence-electron chi connectivity index (χ2n) is 3.68. The largest absolute Gasteiger partial charge is 0.321 e. The molecular formula is C13H7Br2Cl2NO. The van der Waals surface area contributed by atoms with Crippen molar-refractivity contribution in [2.75, 3.05) is 5.32 Å². The predicted molar refractivity (Wildman–Crippen MR) is 86.3 cm³/mol. The van der Waals surface area contributed by atoms with E-state index in [9.17, 15) is 4.79 Å². The highest BCUT2D eigenvalue weighted by atomic mass is 79.9. The Bertz CT molecular complexity index is 647. The number of carbonyl (C=O) groups excluding carboxylic acids is 1. The second kappa shape index (κ2) is 6.27. The summed E-state index contributed by atoms with van der Waals surface area (Å²) in [6.45, 7) is 0. The van der Waals surface area contributed by atoms with Crippen LogP contribution in [0.4, 0.5) is 5.69 Å². The van der Waals surface area contributed by atoms with E-state index < -0.39 is 0 Å². The molecule has 0 aliphatic heterocycles. The van der Waals surface area contributed by atoms with Crippen molar-refractivity contribution in [1.82, 2.24) is 0 Å². The van der Waals surface area contributed by atoms with Crippen molar-refractivity contribution >= 4 is 66.7 Å². The number of nitrogens with one attached hydrogen (secondary N) is 1. The zero-order chi connectivity index (χ0) is 14.0. The number of halogens is 4. The summed E-state index contributed by atoms with van der Waals surface area (Å²) in [7, 11) is 0. The zero-order valence-corrected chi connectivity index (χ0v) is 14.1. The van der Waals surface area contributed by atoms with Crippen LogP contribution in [0.25, 0.3) is 0 Å². The third-order valence-electron chi connectivity index (χ3n) is 2.38. The summed E-state index contributed by atoms with van der Waals surface area (Å²) < 4.78 is 1.51. The third-order valence-corrected chi connectivity index (χ3v) is 4.48. The van der Waals surface area contributed by atoms with E-state index in [1.54, 1.807) is 36.4 Å². The van der Waals surface area contributed by atoms with Crippen LogP contribution in [-0.2, 0) is 0 Å². The standard InChI is InChI=1S/C13H7Br2Cl2NO/c14-7-4-5-11(10(16)6-7)18-13(19)8-2-1-3-9(15)12(8)17/h1-6H,(H,18,19). The van der Waals surface area contributed by atoms with Gasteiger partial charge in [-0.3, -0.25) is 4.79 Å². The number of carbonyl (C=O) groups is 1. The quantitative estimate of drug-likeness (QED) is 0.652. The first-order chi connectivity index (χ1) is 8.99. The lowest BCUT2D eigenvalue weighted by Crippen LogP contribution is -2.12. The first kappa shape index (κ1) is 14.9. The SMILES string of the molecule is O=C(Nc1ccc(Br)cc1Cl)c1cccc(Br)c1Cl. The fourth-order valence-electron chi connectivity index (χ4n) is 1.46. The van der Waals surface area contributed by atoms with Crippen molar-refractivity contribution in [3.05, 3.63) is 61.0 Å². The van der Waals surface area contributed by atoms with Crippen molar-refractivity contribution in [3.8, 4) is 0 Å². The topological polar surface area (TPSA) is 29.1 Å². The molecule has 19 heavy (non-hydrogen) atoms. The average Bonchev–Trinajstić information content (AvgIpc) is 2.36. The fourth-order valence-corrected chi connectivity index (χ4v) is 2.76. The molecule has 0 saturated carbocycles. The number of hydrogen-bond donors (Lipinski definition) is 1. The maximum atomic E-state index is 12.1. The number of amides is 1. The molecule has 0 radical (unpaired) electrons. The van der Waals surface area contributed by atoms with E-state index >= 15 is 0 Å². The highest BCUT2D eigenvalue weighted by Gasteiger charge is 2.13. The van der Waals surface area contributed by atoms with Crippen LogP contribution in [0.5, 0.6) is 0 Å². The normalized spacial score (nSPS) is 10.3. The van der Waals surface area contributed by atoms with Gasteiger partial charge in [0.2, 0.25) is 0 Å². The molecule has 0 heterocycles. The second-order valence-corrected chi connectivity index (χ2v) is 6.23. The molecule has 0 unspecified atom stereocenters. The average molecular weight is 424 g/mol. The minimum absolute atomic E-state index is 0.310. The minimum Gasteiger partial charge on any atom is -0.321 e. The van der Waals surface area contributed by atoms with Gasteiger partial charge in [0.1, 0.15) is 0 Å². The van der Waals surface area contributed by atoms with Crippen molar-refractivity contribution in [2.45, 2.75) is 0 Å². The van der Waals surface area contributed by atoms with E-state index in [0.717, 1.165) is 4.47 Å². The summed E-state index contributed by atoms with van der Waals surface area (Å²) in [6, 6.07) is 10.4. The van der Waals surface area contributed by atoms with Crippen LogP contribution in [0.3, 0.4) is 0 Å². The van der Waals surface area contributed by atoms with E-state index in [1.165, 1.54) is 0 Å². The molecule has 0 aliphatic carbocycles. The molecule has 1 N–H and O–H groups in total. The van der Waals surface area contributed by atoms with Gasteiger partial charge in [-0.15, -0.1) is 0 Å². The molecule has 0 spiro atoms. The van der Waals surface area contributed by atoms with Crippen LogP contribution in [0.15, 0.2) is 45.3 Å². The van der Waals surface area contributed by atoms with Crippen molar-refractivity contribution in [3.63, 3.8) is 0 Å². The lowest BCUT2D eigenvalue weighted by atomic mass is 10.2. The Morgan fingerprint density at radius 1 is 1.11 bits per heavy atom. The molecule has 0 bridgehead atoms. The smallest absolute Gasteiger partial charge is 0.257 e. The molecule has 2 aromatic carbocycles. The van der Waals surface area contributed by atoms with E-state index in [2.05, 4.69) is 37.2 Å². The maximum absolute atomic E-state index is 12.1. The van der Waals surface area contributed by atoms with Crippen LogP contribution in [0, 0.1) is 0 Å². The van der Waals surface area contributed by atoms with E-state index in [0.29, 0.717) is 25.8 Å². The van der Waals surface area contributed by atoms with Gasteiger partial charge >= 0.3 is 0 Å². The van der Waals surface area contributed by atoms with Gasteiger partial charge in [0.05, 0.1) is 21.3 Å². The van der Waals surface area contributed by atoms with Crippen LogP contribution in [-0.4, -0.2) is 5.91 Å². The molecular weight excluding hydrogens is 417 g/mol. The van der Waals surface area contributed by atoms with E-state index in [4.69, 9.17) is 23.2 Å². The summed E-state index contributed by atoms with van der Waals surface area (Å²) in [5.41, 5.74) is 0.918. The number of hydrogen-bond acceptors (Lipinski definition) is 1. The number of benzene rings is 2. The third kappa shape index (κ3) is 3.51. The van der Waals surface area contributed by atoms with Gasteiger partial charge in [-0.05, 0) is 46.3 Å². The molecule has 2 nitrogen and oxygen atoms in total. The highest BCUT2D eigenvalue weighted by molar-refractivity contribution is 9.10. The summed E-state index contributed by atoms with van der Waals surface area (Å²) in [6.07, 6.45) is 0. The van der Waals surface area contributed by atoms with Crippen LogP contribution in [0.2, 0.25) is 10.0 Å². The molecule has 2 rings (SSSR count). The lowest BCUT2D eigenvalue weighted by Gasteiger charge is -2.09. The van der Waals surface area contributed by atoms with Crippen molar-refractivity contribution in [1.29, 1.82) is 0 Å².